The van der Waals surface area contributed by atoms with E-state index in [4.69, 9.17) is 4.74 Å². The lowest BCUT2D eigenvalue weighted by molar-refractivity contribution is 0.0146. The van der Waals surface area contributed by atoms with E-state index >= 15 is 0 Å². The summed E-state index contributed by atoms with van der Waals surface area (Å²) in [6.45, 7) is 8.78. The quantitative estimate of drug-likeness (QED) is 0.703. The molecule has 2 aromatic rings. The number of carbonyl (C=O) groups is 2. The molecule has 0 saturated carbocycles. The first-order valence-corrected chi connectivity index (χ1v) is 11.6. The van der Waals surface area contributed by atoms with Gasteiger partial charge in [0.1, 0.15) is 5.60 Å². The third-order valence-electron chi connectivity index (χ3n) is 5.26. The van der Waals surface area contributed by atoms with Gasteiger partial charge in [0.15, 0.2) is 5.16 Å². The first kappa shape index (κ1) is 23.2. The Labute approximate surface area is 188 Å². The van der Waals surface area contributed by atoms with Crippen LogP contribution in [0.4, 0.5) is 4.79 Å². The predicted molar refractivity (Wildman–Crippen MR) is 122 cm³/mol. The Bertz CT molecular complexity index is 922. The number of ether oxygens (including phenoxy) is 1. The molecule has 1 fully saturated rings. The average molecular weight is 445 g/mol. The second-order valence-corrected chi connectivity index (χ2v) is 10.0. The van der Waals surface area contributed by atoms with Crippen LogP contribution in [-0.4, -0.2) is 51.2 Å². The van der Waals surface area contributed by atoms with Gasteiger partial charge in [0.05, 0.1) is 0 Å². The van der Waals surface area contributed by atoms with Crippen molar-refractivity contribution < 1.29 is 14.3 Å². The number of carbonyl (C=O) groups excluding carboxylic acids is 2. The fourth-order valence-corrected chi connectivity index (χ4v) is 4.32. The molecule has 1 aliphatic heterocycles. The Morgan fingerprint density at radius 1 is 1.32 bits per heavy atom. The van der Waals surface area contributed by atoms with Crippen molar-refractivity contribution in [2.24, 2.45) is 13.0 Å². The summed E-state index contributed by atoms with van der Waals surface area (Å²) in [6, 6.07) is 7.55. The number of nitrogens with one attached hydrogen (secondary N) is 1. The molecular formula is C23H32N4O3S. The number of imidazole rings is 1. The minimum atomic E-state index is -0.535. The molecule has 2 amide bonds. The molecule has 168 valence electrons. The van der Waals surface area contributed by atoms with E-state index < -0.39 is 5.60 Å². The molecule has 1 saturated heterocycles. The normalized spacial score (nSPS) is 19.2. The number of rotatable bonds is 5. The van der Waals surface area contributed by atoms with Crippen molar-refractivity contribution >= 4 is 23.8 Å². The zero-order chi connectivity index (χ0) is 22.6. The highest BCUT2D eigenvalue weighted by Crippen LogP contribution is 2.22. The van der Waals surface area contributed by atoms with Crippen LogP contribution in [0.15, 0.2) is 41.8 Å². The molecule has 2 atom stereocenters. The molecule has 0 spiro atoms. The molecule has 1 aromatic carbocycles. The Kier molecular flexibility index (Phi) is 7.30. The molecule has 3 rings (SSSR count). The van der Waals surface area contributed by atoms with Crippen molar-refractivity contribution in [1.29, 1.82) is 0 Å². The number of likely N-dealkylation sites (tertiary alicyclic amines) is 1. The number of aromatic nitrogens is 2. The van der Waals surface area contributed by atoms with Gasteiger partial charge in [-0.1, -0.05) is 30.8 Å². The number of nitrogens with zero attached hydrogens (tertiary/aromatic N) is 3. The van der Waals surface area contributed by atoms with Crippen LogP contribution in [0, 0.1) is 5.92 Å². The van der Waals surface area contributed by atoms with E-state index in [9.17, 15) is 9.59 Å². The van der Waals surface area contributed by atoms with Crippen LogP contribution in [0.3, 0.4) is 0 Å². The zero-order valence-electron chi connectivity index (χ0n) is 18.9. The van der Waals surface area contributed by atoms with Gasteiger partial charge in [-0.05, 0) is 50.8 Å². The third-order valence-corrected chi connectivity index (χ3v) is 6.39. The Balaban J connectivity index is 1.60. The molecule has 1 aromatic heterocycles. The van der Waals surface area contributed by atoms with E-state index in [-0.39, 0.29) is 24.0 Å². The lowest BCUT2D eigenvalue weighted by Crippen LogP contribution is -2.54. The summed E-state index contributed by atoms with van der Waals surface area (Å²) in [4.78, 5) is 31.4. The van der Waals surface area contributed by atoms with Crippen LogP contribution < -0.4 is 5.32 Å². The number of hydrogen-bond acceptors (Lipinski definition) is 5. The van der Waals surface area contributed by atoms with Gasteiger partial charge in [-0.2, -0.15) is 0 Å². The summed E-state index contributed by atoms with van der Waals surface area (Å²) < 4.78 is 7.47. The van der Waals surface area contributed by atoms with Gasteiger partial charge in [-0.25, -0.2) is 9.78 Å². The molecule has 0 radical (unpaired) electrons. The van der Waals surface area contributed by atoms with Crippen molar-refractivity contribution in [1.82, 2.24) is 19.8 Å². The largest absolute Gasteiger partial charge is 0.444 e. The lowest BCUT2D eigenvalue weighted by Gasteiger charge is -2.38. The number of amides is 2. The second-order valence-electron chi connectivity index (χ2n) is 9.08. The van der Waals surface area contributed by atoms with E-state index in [1.807, 2.05) is 62.8 Å². The Hall–Kier alpha value is -2.48. The summed E-state index contributed by atoms with van der Waals surface area (Å²) >= 11 is 1.63. The zero-order valence-corrected chi connectivity index (χ0v) is 19.7. The van der Waals surface area contributed by atoms with E-state index in [2.05, 4.69) is 17.2 Å². The van der Waals surface area contributed by atoms with Gasteiger partial charge in [0, 0.05) is 49.9 Å². The average Bonchev–Trinajstić information content (AvgIpc) is 3.11. The molecule has 1 N–H and O–H groups in total. The fraction of sp³-hybridized carbons (Fsp3) is 0.522. The highest BCUT2D eigenvalue weighted by molar-refractivity contribution is 7.98. The maximum atomic E-state index is 12.9. The van der Waals surface area contributed by atoms with Crippen LogP contribution in [0.25, 0.3) is 0 Å². The van der Waals surface area contributed by atoms with Crippen molar-refractivity contribution in [3.63, 3.8) is 0 Å². The van der Waals surface area contributed by atoms with E-state index in [1.165, 1.54) is 0 Å². The monoisotopic (exact) mass is 444 g/mol. The van der Waals surface area contributed by atoms with Crippen molar-refractivity contribution in [3.05, 3.63) is 47.8 Å². The van der Waals surface area contributed by atoms with Crippen molar-refractivity contribution in [2.45, 2.75) is 56.7 Å². The molecule has 0 bridgehead atoms. The molecular weight excluding hydrogens is 412 g/mol. The number of piperidine rings is 1. The van der Waals surface area contributed by atoms with E-state index in [0.29, 0.717) is 18.7 Å². The molecule has 1 aliphatic rings. The predicted octanol–water partition coefficient (Wildman–Crippen LogP) is 4.09. The SMILES string of the molecule is C[C@@H]1CCN(C(=O)OC(C)(C)C)C[C@@H]1NC(=O)c1cccc(CSc2nccn2C)c1. The van der Waals surface area contributed by atoms with E-state index in [0.717, 1.165) is 22.9 Å². The third kappa shape index (κ3) is 6.50. The molecule has 8 heteroatoms. The van der Waals surface area contributed by atoms with Gasteiger partial charge in [-0.15, -0.1) is 0 Å². The fourth-order valence-electron chi connectivity index (χ4n) is 3.44. The van der Waals surface area contributed by atoms with Gasteiger partial charge in [-0.3, -0.25) is 4.79 Å². The topological polar surface area (TPSA) is 76.5 Å². The Morgan fingerprint density at radius 3 is 2.77 bits per heavy atom. The highest BCUT2D eigenvalue weighted by Gasteiger charge is 2.32. The van der Waals surface area contributed by atoms with Crippen LogP contribution in [-0.2, 0) is 17.5 Å². The van der Waals surface area contributed by atoms with Crippen LogP contribution in [0.2, 0.25) is 0 Å². The minimum absolute atomic E-state index is 0.112. The lowest BCUT2D eigenvalue weighted by atomic mass is 9.93. The number of benzene rings is 1. The van der Waals surface area contributed by atoms with Crippen LogP contribution >= 0.6 is 11.8 Å². The molecule has 7 nitrogen and oxygen atoms in total. The van der Waals surface area contributed by atoms with Gasteiger partial charge in [0.25, 0.3) is 5.91 Å². The highest BCUT2D eigenvalue weighted by atomic mass is 32.2. The summed E-state index contributed by atoms with van der Waals surface area (Å²) in [5.74, 6) is 0.898. The second kappa shape index (κ2) is 9.77. The van der Waals surface area contributed by atoms with Crippen LogP contribution in [0.5, 0.6) is 0 Å². The van der Waals surface area contributed by atoms with E-state index in [1.54, 1.807) is 22.9 Å². The first-order chi connectivity index (χ1) is 14.6. The molecule has 31 heavy (non-hydrogen) atoms. The summed E-state index contributed by atoms with van der Waals surface area (Å²) in [5.41, 5.74) is 1.15. The molecule has 2 heterocycles. The van der Waals surface area contributed by atoms with Crippen molar-refractivity contribution in [3.8, 4) is 0 Å². The van der Waals surface area contributed by atoms with Gasteiger partial charge in [0.2, 0.25) is 0 Å². The number of aryl methyl sites for hydroxylation is 1. The minimum Gasteiger partial charge on any atom is -0.444 e. The van der Waals surface area contributed by atoms with Gasteiger partial charge >= 0.3 is 6.09 Å². The number of thioether (sulfide) groups is 1. The maximum absolute atomic E-state index is 12.9. The standard InChI is InChI=1S/C23H32N4O3S/c1-16-9-11-27(22(29)30-23(2,3)4)14-19(16)25-20(28)18-8-6-7-17(13-18)15-31-21-24-10-12-26(21)5/h6-8,10,12-13,16,19H,9,11,14-15H2,1-5H3,(H,25,28)/t16-,19+/m1/s1. The summed E-state index contributed by atoms with van der Waals surface area (Å²) in [5, 5.41) is 4.07. The maximum Gasteiger partial charge on any atom is 0.410 e. The summed E-state index contributed by atoms with van der Waals surface area (Å²) in [6.07, 6.45) is 4.19. The summed E-state index contributed by atoms with van der Waals surface area (Å²) in [7, 11) is 1.96. The first-order valence-electron chi connectivity index (χ1n) is 10.6. The van der Waals surface area contributed by atoms with Crippen LogP contribution in [0.1, 0.15) is 50.0 Å². The smallest absolute Gasteiger partial charge is 0.410 e. The molecule has 0 aliphatic carbocycles. The van der Waals surface area contributed by atoms with Gasteiger partial charge < -0.3 is 19.5 Å². The molecule has 0 unspecified atom stereocenters. The number of hydrogen-bond donors (Lipinski definition) is 1. The van der Waals surface area contributed by atoms with Crippen molar-refractivity contribution in [2.75, 3.05) is 13.1 Å². The Morgan fingerprint density at radius 2 is 2.10 bits per heavy atom.